The maximum absolute atomic E-state index is 13.9. The van der Waals surface area contributed by atoms with Crippen molar-refractivity contribution in [2.24, 2.45) is 0 Å². The molecule has 2 aromatic carbocycles. The summed E-state index contributed by atoms with van der Waals surface area (Å²) in [7, 11) is 3.60. The van der Waals surface area contributed by atoms with Crippen LogP contribution in [0.3, 0.4) is 0 Å². The number of hydrogen-bond acceptors (Lipinski definition) is 5. The number of anilines is 1. The summed E-state index contributed by atoms with van der Waals surface area (Å²) < 4.78 is 32.5. The van der Waals surface area contributed by atoms with E-state index < -0.39 is 11.6 Å². The second kappa shape index (κ2) is 7.05. The second-order valence-electron chi connectivity index (χ2n) is 6.18. The van der Waals surface area contributed by atoms with Crippen LogP contribution in [-0.4, -0.2) is 34.3 Å². The van der Waals surface area contributed by atoms with Crippen molar-refractivity contribution in [2.45, 2.75) is 0 Å². The minimum absolute atomic E-state index is 0.101. The largest absolute Gasteiger partial charge is 0.421 e. The van der Waals surface area contributed by atoms with Gasteiger partial charge in [-0.3, -0.25) is 5.10 Å². The van der Waals surface area contributed by atoms with Gasteiger partial charge in [0.15, 0.2) is 17.2 Å². The molecule has 0 saturated heterocycles. The standard InChI is InChI=1S/C19H14ClF2N5O/c1-27(2)18-15-16(11-5-3-4-6-12(11)20)25-26-17(15)23-19(24-18)28-14-8-7-10(21)9-13(14)22/h3-9H,1-2H3,(H,23,24,25,26). The molecule has 0 saturated carbocycles. The normalized spacial score (nSPS) is 11.0. The second-order valence-corrected chi connectivity index (χ2v) is 6.58. The Hall–Kier alpha value is -3.26. The van der Waals surface area contributed by atoms with Crippen molar-refractivity contribution in [2.75, 3.05) is 19.0 Å². The first-order valence-corrected chi connectivity index (χ1v) is 8.63. The van der Waals surface area contributed by atoms with Crippen LogP contribution in [0.1, 0.15) is 0 Å². The first kappa shape index (κ1) is 18.1. The topological polar surface area (TPSA) is 66.9 Å². The third-order valence-electron chi connectivity index (χ3n) is 4.03. The minimum atomic E-state index is -0.850. The van der Waals surface area contributed by atoms with Gasteiger partial charge in [0.1, 0.15) is 17.3 Å². The number of aromatic nitrogens is 4. The molecule has 0 spiro atoms. The fraction of sp³-hybridized carbons (Fsp3) is 0.105. The summed E-state index contributed by atoms with van der Waals surface area (Å²) in [5, 5.41) is 8.35. The number of benzene rings is 2. The van der Waals surface area contributed by atoms with Gasteiger partial charge < -0.3 is 9.64 Å². The van der Waals surface area contributed by atoms with Gasteiger partial charge in [-0.2, -0.15) is 15.1 Å². The van der Waals surface area contributed by atoms with Gasteiger partial charge in [-0.15, -0.1) is 0 Å². The predicted octanol–water partition coefficient (Wildman–Crippen LogP) is 4.81. The Morgan fingerprint density at radius 1 is 1.07 bits per heavy atom. The van der Waals surface area contributed by atoms with Crippen molar-refractivity contribution in [3.8, 4) is 23.0 Å². The van der Waals surface area contributed by atoms with E-state index in [-0.39, 0.29) is 11.8 Å². The number of fused-ring (bicyclic) bond motifs is 1. The molecule has 0 amide bonds. The lowest BCUT2D eigenvalue weighted by molar-refractivity contribution is 0.409. The SMILES string of the molecule is CN(C)c1nc(Oc2ccc(F)cc2F)nc2[nH]nc(-c3ccccc3Cl)c12. The molecule has 28 heavy (non-hydrogen) atoms. The highest BCUT2D eigenvalue weighted by Gasteiger charge is 2.20. The molecule has 142 valence electrons. The minimum Gasteiger partial charge on any atom is -0.421 e. The van der Waals surface area contributed by atoms with E-state index in [1.54, 1.807) is 25.1 Å². The van der Waals surface area contributed by atoms with Crippen molar-refractivity contribution in [1.82, 2.24) is 20.2 Å². The number of halogens is 3. The van der Waals surface area contributed by atoms with Gasteiger partial charge in [0.05, 0.1) is 10.4 Å². The van der Waals surface area contributed by atoms with Gasteiger partial charge in [-0.05, 0) is 18.2 Å². The van der Waals surface area contributed by atoms with Crippen molar-refractivity contribution >= 4 is 28.5 Å². The molecule has 0 aliphatic heterocycles. The Balaban J connectivity index is 1.85. The van der Waals surface area contributed by atoms with Crippen LogP contribution >= 0.6 is 11.6 Å². The zero-order valence-electron chi connectivity index (χ0n) is 14.9. The van der Waals surface area contributed by atoms with E-state index in [9.17, 15) is 8.78 Å². The lowest BCUT2D eigenvalue weighted by Gasteiger charge is -2.14. The Morgan fingerprint density at radius 2 is 1.86 bits per heavy atom. The van der Waals surface area contributed by atoms with E-state index in [0.717, 1.165) is 17.7 Å². The summed E-state index contributed by atoms with van der Waals surface area (Å²) in [5.74, 6) is -1.23. The average Bonchev–Trinajstić information content (AvgIpc) is 3.07. The predicted molar refractivity (Wildman–Crippen MR) is 103 cm³/mol. The van der Waals surface area contributed by atoms with Gasteiger partial charge >= 0.3 is 6.01 Å². The summed E-state index contributed by atoms with van der Waals surface area (Å²) in [6.07, 6.45) is 0. The molecule has 1 N–H and O–H groups in total. The molecular weight excluding hydrogens is 388 g/mol. The first-order valence-electron chi connectivity index (χ1n) is 8.25. The molecule has 0 aliphatic rings. The first-order chi connectivity index (χ1) is 13.4. The van der Waals surface area contributed by atoms with Gasteiger partial charge in [-0.1, -0.05) is 29.8 Å². The Kier molecular flexibility index (Phi) is 4.56. The van der Waals surface area contributed by atoms with Crippen LogP contribution in [-0.2, 0) is 0 Å². The van der Waals surface area contributed by atoms with Crippen LogP contribution in [0.5, 0.6) is 11.8 Å². The molecule has 2 heterocycles. The summed E-state index contributed by atoms with van der Waals surface area (Å²) in [4.78, 5) is 10.4. The molecule has 4 aromatic rings. The zero-order chi connectivity index (χ0) is 19.8. The molecular formula is C19H14ClF2N5O. The van der Waals surface area contributed by atoms with Gasteiger partial charge in [0, 0.05) is 25.7 Å². The van der Waals surface area contributed by atoms with E-state index in [1.165, 1.54) is 6.07 Å². The van der Waals surface area contributed by atoms with Crippen molar-refractivity contribution in [1.29, 1.82) is 0 Å². The fourth-order valence-electron chi connectivity index (χ4n) is 2.77. The quantitative estimate of drug-likeness (QED) is 0.531. The van der Waals surface area contributed by atoms with Crippen LogP contribution in [0.2, 0.25) is 5.02 Å². The number of rotatable bonds is 4. The molecule has 0 bridgehead atoms. The van der Waals surface area contributed by atoms with E-state index in [0.29, 0.717) is 27.6 Å². The van der Waals surface area contributed by atoms with E-state index in [1.807, 2.05) is 18.2 Å². The summed E-state index contributed by atoms with van der Waals surface area (Å²) in [5.41, 5.74) is 1.70. The highest BCUT2D eigenvalue weighted by Crippen LogP contribution is 2.36. The molecule has 0 radical (unpaired) electrons. The van der Waals surface area contributed by atoms with Gasteiger partial charge in [0.2, 0.25) is 0 Å². The summed E-state index contributed by atoms with van der Waals surface area (Å²) >= 11 is 6.31. The maximum Gasteiger partial charge on any atom is 0.326 e. The number of nitrogens with one attached hydrogen (secondary N) is 1. The number of hydrogen-bond donors (Lipinski definition) is 1. The molecule has 9 heteroatoms. The van der Waals surface area contributed by atoms with Crippen molar-refractivity contribution in [3.63, 3.8) is 0 Å². The average molecular weight is 402 g/mol. The lowest BCUT2D eigenvalue weighted by Crippen LogP contribution is -2.12. The van der Waals surface area contributed by atoms with E-state index in [4.69, 9.17) is 16.3 Å². The van der Waals surface area contributed by atoms with Crippen LogP contribution in [0.4, 0.5) is 14.6 Å². The van der Waals surface area contributed by atoms with Gasteiger partial charge in [-0.25, -0.2) is 8.78 Å². The third kappa shape index (κ3) is 3.22. The van der Waals surface area contributed by atoms with Crippen LogP contribution in [0, 0.1) is 11.6 Å². The smallest absolute Gasteiger partial charge is 0.326 e. The fourth-order valence-corrected chi connectivity index (χ4v) is 2.99. The number of aromatic amines is 1. The highest BCUT2D eigenvalue weighted by molar-refractivity contribution is 6.33. The molecule has 0 fully saturated rings. The molecule has 4 rings (SSSR count). The van der Waals surface area contributed by atoms with Crippen molar-refractivity contribution < 1.29 is 13.5 Å². The molecule has 2 aromatic heterocycles. The molecule has 0 aliphatic carbocycles. The number of ether oxygens (including phenoxy) is 1. The third-order valence-corrected chi connectivity index (χ3v) is 4.36. The Morgan fingerprint density at radius 3 is 2.57 bits per heavy atom. The highest BCUT2D eigenvalue weighted by atomic mass is 35.5. The molecule has 0 unspecified atom stereocenters. The summed E-state index contributed by atoms with van der Waals surface area (Å²) in [6.45, 7) is 0. The van der Waals surface area contributed by atoms with E-state index >= 15 is 0 Å². The van der Waals surface area contributed by atoms with Crippen LogP contribution in [0.25, 0.3) is 22.3 Å². The van der Waals surface area contributed by atoms with Crippen LogP contribution in [0.15, 0.2) is 42.5 Å². The Bertz CT molecular complexity index is 1180. The zero-order valence-corrected chi connectivity index (χ0v) is 15.6. The monoisotopic (exact) mass is 401 g/mol. The van der Waals surface area contributed by atoms with E-state index in [2.05, 4.69) is 20.2 Å². The molecule has 0 atom stereocenters. The lowest BCUT2D eigenvalue weighted by atomic mass is 10.1. The van der Waals surface area contributed by atoms with Crippen LogP contribution < -0.4 is 9.64 Å². The maximum atomic E-state index is 13.9. The molecule has 6 nitrogen and oxygen atoms in total. The number of nitrogens with zero attached hydrogens (tertiary/aromatic N) is 4. The van der Waals surface area contributed by atoms with Gasteiger partial charge in [0.25, 0.3) is 0 Å². The van der Waals surface area contributed by atoms with Crippen molar-refractivity contribution in [3.05, 3.63) is 59.1 Å². The number of H-pyrrole nitrogens is 1. The Labute approximate surface area is 163 Å². The summed E-state index contributed by atoms with van der Waals surface area (Å²) in [6, 6.07) is 10.2.